The summed E-state index contributed by atoms with van der Waals surface area (Å²) in [6, 6.07) is 2.13. The molecule has 7 heteroatoms. The Morgan fingerprint density at radius 3 is 2.78 bits per heavy atom. The number of hydrogen-bond donors (Lipinski definition) is 1. The Balaban J connectivity index is 1.40. The van der Waals surface area contributed by atoms with Gasteiger partial charge >= 0.3 is 0 Å². The molecule has 0 bridgehead atoms. The van der Waals surface area contributed by atoms with Crippen LogP contribution in [0, 0.1) is 0 Å². The zero-order chi connectivity index (χ0) is 19.2. The maximum absolute atomic E-state index is 12.7. The van der Waals surface area contributed by atoms with Crippen molar-refractivity contribution in [3.63, 3.8) is 0 Å². The molecule has 0 radical (unpaired) electrons. The highest BCUT2D eigenvalue weighted by molar-refractivity contribution is 7.08. The second-order valence-electron chi connectivity index (χ2n) is 7.73. The predicted molar refractivity (Wildman–Crippen MR) is 107 cm³/mol. The molecular weight excluding hydrogens is 362 g/mol. The Morgan fingerprint density at radius 1 is 1.30 bits per heavy atom. The van der Waals surface area contributed by atoms with E-state index in [-0.39, 0.29) is 24.0 Å². The Kier molecular flexibility index (Phi) is 7.26. The molecule has 1 aromatic heterocycles. The van der Waals surface area contributed by atoms with Crippen molar-refractivity contribution in [1.29, 1.82) is 0 Å². The fourth-order valence-electron chi connectivity index (χ4n) is 4.17. The molecule has 0 spiro atoms. The van der Waals surface area contributed by atoms with Crippen LogP contribution in [0.5, 0.6) is 0 Å². The summed E-state index contributed by atoms with van der Waals surface area (Å²) in [5.74, 6) is 0.162. The van der Waals surface area contributed by atoms with Crippen molar-refractivity contribution in [1.82, 2.24) is 15.1 Å². The summed E-state index contributed by atoms with van der Waals surface area (Å²) < 4.78 is 5.81. The highest BCUT2D eigenvalue weighted by Gasteiger charge is 2.32. The Labute approximate surface area is 165 Å². The highest BCUT2D eigenvalue weighted by atomic mass is 32.1. The van der Waals surface area contributed by atoms with Crippen LogP contribution in [0.25, 0.3) is 0 Å². The van der Waals surface area contributed by atoms with Crippen LogP contribution in [0.15, 0.2) is 16.8 Å². The van der Waals surface area contributed by atoms with E-state index in [1.807, 2.05) is 16.8 Å². The van der Waals surface area contributed by atoms with Gasteiger partial charge in [-0.1, -0.05) is 0 Å². The first-order chi connectivity index (χ1) is 13.0. The zero-order valence-corrected chi connectivity index (χ0v) is 17.2. The van der Waals surface area contributed by atoms with Gasteiger partial charge in [0.2, 0.25) is 5.91 Å². The van der Waals surface area contributed by atoms with Gasteiger partial charge in [-0.3, -0.25) is 14.5 Å². The smallest absolute Gasteiger partial charge is 0.252 e. The van der Waals surface area contributed by atoms with Gasteiger partial charge in [0.15, 0.2) is 0 Å². The van der Waals surface area contributed by atoms with Crippen molar-refractivity contribution in [2.45, 2.75) is 57.8 Å². The SMILES string of the molecule is C[C@@H]1CN(C[C@@H]2CCCN2C(=O)CCCNC(=O)c2ccsc2)C[C@H](C)O1. The average molecular weight is 394 g/mol. The van der Waals surface area contributed by atoms with Crippen LogP contribution >= 0.6 is 11.3 Å². The molecule has 2 amide bonds. The minimum absolute atomic E-state index is 0.0571. The van der Waals surface area contributed by atoms with E-state index in [2.05, 4.69) is 29.0 Å². The first kappa shape index (κ1) is 20.3. The van der Waals surface area contributed by atoms with E-state index in [4.69, 9.17) is 4.74 Å². The second-order valence-corrected chi connectivity index (χ2v) is 8.51. The normalized spacial score (nSPS) is 26.3. The van der Waals surface area contributed by atoms with Crippen molar-refractivity contribution in [3.05, 3.63) is 22.4 Å². The lowest BCUT2D eigenvalue weighted by molar-refractivity contribution is -0.133. The van der Waals surface area contributed by atoms with Crippen molar-refractivity contribution < 1.29 is 14.3 Å². The quantitative estimate of drug-likeness (QED) is 0.723. The average Bonchev–Trinajstić information content (AvgIpc) is 3.29. The van der Waals surface area contributed by atoms with E-state index in [1.54, 1.807) is 0 Å². The number of nitrogens with one attached hydrogen (secondary N) is 1. The number of amides is 2. The maximum atomic E-state index is 12.7. The molecule has 0 saturated carbocycles. The Morgan fingerprint density at radius 2 is 2.07 bits per heavy atom. The van der Waals surface area contributed by atoms with Gasteiger partial charge in [0.1, 0.15) is 0 Å². The molecule has 3 rings (SSSR count). The van der Waals surface area contributed by atoms with E-state index in [0.717, 1.165) is 39.0 Å². The van der Waals surface area contributed by atoms with E-state index in [1.165, 1.54) is 11.3 Å². The second kappa shape index (κ2) is 9.66. The maximum Gasteiger partial charge on any atom is 0.252 e. The molecule has 3 heterocycles. The zero-order valence-electron chi connectivity index (χ0n) is 16.4. The standard InChI is InChI=1S/C20H31N3O3S/c1-15-11-22(12-16(2)26-15)13-18-5-4-9-23(18)19(24)6-3-8-21-20(25)17-7-10-27-14-17/h7,10,14-16,18H,3-6,8-9,11-13H2,1-2H3,(H,21,25)/t15-,16+,18-/m0/s1. The molecular formula is C20H31N3O3S. The van der Waals surface area contributed by atoms with Gasteiger partial charge in [0.05, 0.1) is 12.2 Å². The molecule has 150 valence electrons. The highest BCUT2D eigenvalue weighted by Crippen LogP contribution is 2.21. The molecule has 3 atom stereocenters. The molecule has 0 aliphatic carbocycles. The van der Waals surface area contributed by atoms with Crippen LogP contribution in [0.4, 0.5) is 0 Å². The van der Waals surface area contributed by atoms with Crippen LogP contribution in [0.3, 0.4) is 0 Å². The van der Waals surface area contributed by atoms with Gasteiger partial charge in [-0.2, -0.15) is 11.3 Å². The summed E-state index contributed by atoms with van der Waals surface area (Å²) in [5, 5.41) is 6.62. The third kappa shape index (κ3) is 5.77. The molecule has 27 heavy (non-hydrogen) atoms. The van der Waals surface area contributed by atoms with Crippen LogP contribution in [0.1, 0.15) is 49.9 Å². The number of carbonyl (C=O) groups excluding carboxylic acids is 2. The topological polar surface area (TPSA) is 61.9 Å². The molecule has 2 fully saturated rings. The van der Waals surface area contributed by atoms with Crippen LogP contribution in [-0.4, -0.2) is 72.6 Å². The van der Waals surface area contributed by atoms with E-state index < -0.39 is 0 Å². The Bertz CT molecular complexity index is 612. The van der Waals surface area contributed by atoms with Gasteiger partial charge in [0.25, 0.3) is 5.91 Å². The van der Waals surface area contributed by atoms with Gasteiger partial charge in [-0.15, -0.1) is 0 Å². The molecule has 6 nitrogen and oxygen atoms in total. The number of morpholine rings is 1. The third-order valence-electron chi connectivity index (χ3n) is 5.30. The van der Waals surface area contributed by atoms with Crippen molar-refractivity contribution >= 4 is 23.2 Å². The third-order valence-corrected chi connectivity index (χ3v) is 5.98. The molecule has 1 aromatic rings. The lowest BCUT2D eigenvalue weighted by Crippen LogP contribution is -2.50. The van der Waals surface area contributed by atoms with Crippen LogP contribution in [-0.2, 0) is 9.53 Å². The fraction of sp³-hybridized carbons (Fsp3) is 0.700. The minimum Gasteiger partial charge on any atom is -0.373 e. The van der Waals surface area contributed by atoms with Crippen molar-refractivity contribution in [3.8, 4) is 0 Å². The molecule has 2 aliphatic rings. The number of nitrogens with zero attached hydrogens (tertiary/aromatic N) is 2. The minimum atomic E-state index is -0.0571. The molecule has 0 unspecified atom stereocenters. The lowest BCUT2D eigenvalue weighted by atomic mass is 10.1. The summed E-state index contributed by atoms with van der Waals surface area (Å²) in [4.78, 5) is 29.1. The number of likely N-dealkylation sites (tertiary alicyclic amines) is 1. The molecule has 2 aliphatic heterocycles. The number of ether oxygens (including phenoxy) is 1. The van der Waals surface area contributed by atoms with E-state index in [9.17, 15) is 9.59 Å². The first-order valence-corrected chi connectivity index (χ1v) is 10.9. The van der Waals surface area contributed by atoms with Gasteiger partial charge in [-0.05, 0) is 44.6 Å². The summed E-state index contributed by atoms with van der Waals surface area (Å²) in [6.45, 7) is 8.46. The molecule has 1 N–H and O–H groups in total. The van der Waals surface area contributed by atoms with Crippen LogP contribution < -0.4 is 5.32 Å². The van der Waals surface area contributed by atoms with Gasteiger partial charge < -0.3 is 15.0 Å². The summed E-state index contributed by atoms with van der Waals surface area (Å²) in [7, 11) is 0. The summed E-state index contributed by atoms with van der Waals surface area (Å²) in [6.07, 6.45) is 3.86. The molecule has 0 aromatic carbocycles. The number of thiophene rings is 1. The number of hydrogen-bond acceptors (Lipinski definition) is 5. The largest absolute Gasteiger partial charge is 0.373 e. The van der Waals surface area contributed by atoms with Gasteiger partial charge in [0, 0.05) is 56.1 Å². The lowest BCUT2D eigenvalue weighted by Gasteiger charge is -2.38. The summed E-state index contributed by atoms with van der Waals surface area (Å²) in [5.41, 5.74) is 0.694. The van der Waals surface area contributed by atoms with Crippen molar-refractivity contribution in [2.24, 2.45) is 0 Å². The summed E-state index contributed by atoms with van der Waals surface area (Å²) >= 11 is 1.51. The van der Waals surface area contributed by atoms with Crippen LogP contribution in [0.2, 0.25) is 0 Å². The molecule has 2 saturated heterocycles. The fourth-order valence-corrected chi connectivity index (χ4v) is 4.80. The first-order valence-electron chi connectivity index (χ1n) is 10.0. The number of carbonyl (C=O) groups is 2. The Hall–Kier alpha value is -1.44. The van der Waals surface area contributed by atoms with Gasteiger partial charge in [-0.25, -0.2) is 0 Å². The van der Waals surface area contributed by atoms with E-state index >= 15 is 0 Å². The van der Waals surface area contributed by atoms with E-state index in [0.29, 0.717) is 31.0 Å². The van der Waals surface area contributed by atoms with Crippen molar-refractivity contribution in [2.75, 3.05) is 32.7 Å². The predicted octanol–water partition coefficient (Wildman–Crippen LogP) is 2.36. The monoisotopic (exact) mass is 393 g/mol. The number of rotatable bonds is 7.